The van der Waals surface area contributed by atoms with Crippen molar-refractivity contribution in [1.29, 1.82) is 0 Å². The van der Waals surface area contributed by atoms with E-state index < -0.39 is 0 Å². The van der Waals surface area contributed by atoms with Gasteiger partial charge in [-0.25, -0.2) is 0 Å². The zero-order chi connectivity index (χ0) is 17.8. The molecule has 5 nitrogen and oxygen atoms in total. The summed E-state index contributed by atoms with van der Waals surface area (Å²) in [5.41, 5.74) is 4.38. The van der Waals surface area contributed by atoms with E-state index in [4.69, 9.17) is 0 Å². The first-order valence-corrected chi connectivity index (χ1v) is 8.77. The smallest absolute Gasteiger partial charge is 0.228 e. The summed E-state index contributed by atoms with van der Waals surface area (Å²) in [6.07, 6.45) is 2.65. The number of carbonyl (C=O) groups excluding carboxylic acids is 2. The molecule has 1 aliphatic rings. The molecule has 5 heteroatoms. The molecule has 3 rings (SSSR count). The maximum atomic E-state index is 12.6. The molecule has 0 unspecified atom stereocenters. The van der Waals surface area contributed by atoms with Crippen molar-refractivity contribution in [2.24, 2.45) is 0 Å². The molecule has 1 aromatic carbocycles. The van der Waals surface area contributed by atoms with Crippen LogP contribution in [-0.4, -0.2) is 52.8 Å². The molecule has 2 aromatic rings. The number of piperazine rings is 1. The summed E-state index contributed by atoms with van der Waals surface area (Å²) >= 11 is 0. The third kappa shape index (κ3) is 4.29. The van der Waals surface area contributed by atoms with Crippen LogP contribution in [0.1, 0.15) is 22.4 Å². The largest absolute Gasteiger partial charge is 0.365 e. The number of aromatic amines is 1. The topological polar surface area (TPSA) is 56.4 Å². The van der Waals surface area contributed by atoms with Crippen LogP contribution in [-0.2, 0) is 22.4 Å². The number of nitrogens with zero attached hydrogens (tertiary/aromatic N) is 2. The first-order valence-electron chi connectivity index (χ1n) is 8.77. The van der Waals surface area contributed by atoms with Gasteiger partial charge in [0.1, 0.15) is 0 Å². The molecule has 0 aliphatic carbocycles. The molecule has 1 fully saturated rings. The highest BCUT2D eigenvalue weighted by Crippen LogP contribution is 2.13. The quantitative estimate of drug-likeness (QED) is 0.927. The van der Waals surface area contributed by atoms with E-state index in [1.165, 1.54) is 5.56 Å². The molecule has 1 aromatic heterocycles. The molecular formula is C20H25N3O2. The van der Waals surface area contributed by atoms with Crippen LogP contribution in [0, 0.1) is 13.8 Å². The number of amides is 2. The van der Waals surface area contributed by atoms with Gasteiger partial charge in [0, 0.05) is 38.1 Å². The lowest BCUT2D eigenvalue weighted by Crippen LogP contribution is -2.51. The molecular weight excluding hydrogens is 314 g/mol. The van der Waals surface area contributed by atoms with Gasteiger partial charge in [-0.05, 0) is 37.1 Å². The highest BCUT2D eigenvalue weighted by molar-refractivity contribution is 5.81. The second kappa shape index (κ2) is 7.55. The number of aromatic nitrogens is 1. The van der Waals surface area contributed by atoms with Crippen molar-refractivity contribution in [3.8, 4) is 0 Å². The summed E-state index contributed by atoms with van der Waals surface area (Å²) in [6, 6.07) is 10.0. The van der Waals surface area contributed by atoms with Gasteiger partial charge < -0.3 is 14.8 Å². The number of hydrogen-bond donors (Lipinski definition) is 1. The number of nitrogens with one attached hydrogen (secondary N) is 1. The van der Waals surface area contributed by atoms with Crippen LogP contribution in [0.25, 0.3) is 0 Å². The molecule has 2 heterocycles. The molecule has 1 N–H and O–H groups in total. The van der Waals surface area contributed by atoms with Gasteiger partial charge >= 0.3 is 0 Å². The summed E-state index contributed by atoms with van der Waals surface area (Å²) in [6.45, 7) is 6.55. The van der Waals surface area contributed by atoms with Crippen molar-refractivity contribution in [3.63, 3.8) is 0 Å². The first kappa shape index (κ1) is 17.3. The SMILES string of the molecule is Cc1ccc(CC(=O)N2CCN(C(=O)Cc3ccc[nH]3)CC2)c(C)c1. The average molecular weight is 339 g/mol. The van der Waals surface area contributed by atoms with Gasteiger partial charge in [0.25, 0.3) is 0 Å². The monoisotopic (exact) mass is 339 g/mol. The lowest BCUT2D eigenvalue weighted by atomic mass is 10.0. The minimum absolute atomic E-state index is 0.115. The zero-order valence-corrected chi connectivity index (χ0v) is 14.9. The lowest BCUT2D eigenvalue weighted by molar-refractivity contribution is -0.138. The van der Waals surface area contributed by atoms with E-state index in [1.54, 1.807) is 0 Å². The number of carbonyl (C=O) groups is 2. The lowest BCUT2D eigenvalue weighted by Gasteiger charge is -2.35. The minimum atomic E-state index is 0.115. The van der Waals surface area contributed by atoms with Crippen molar-refractivity contribution in [1.82, 2.24) is 14.8 Å². The fourth-order valence-corrected chi connectivity index (χ4v) is 3.28. The summed E-state index contributed by atoms with van der Waals surface area (Å²) in [4.78, 5) is 31.6. The summed E-state index contributed by atoms with van der Waals surface area (Å²) in [7, 11) is 0. The Balaban J connectivity index is 1.51. The Kier molecular flexibility index (Phi) is 5.22. The Bertz CT molecular complexity index is 744. The fraction of sp³-hybridized carbons (Fsp3) is 0.400. The number of rotatable bonds is 4. The van der Waals surface area contributed by atoms with Crippen LogP contribution in [0.3, 0.4) is 0 Å². The molecule has 0 bridgehead atoms. The molecule has 25 heavy (non-hydrogen) atoms. The van der Waals surface area contributed by atoms with Gasteiger partial charge in [0.05, 0.1) is 12.8 Å². The van der Waals surface area contributed by atoms with E-state index in [0.29, 0.717) is 39.0 Å². The fourth-order valence-electron chi connectivity index (χ4n) is 3.28. The molecule has 1 aliphatic heterocycles. The summed E-state index contributed by atoms with van der Waals surface area (Å²) in [5.74, 6) is 0.257. The number of benzene rings is 1. The van der Waals surface area contributed by atoms with E-state index in [0.717, 1.165) is 16.8 Å². The van der Waals surface area contributed by atoms with Crippen LogP contribution in [0.15, 0.2) is 36.5 Å². The molecule has 132 valence electrons. The number of hydrogen-bond acceptors (Lipinski definition) is 2. The third-order valence-electron chi connectivity index (χ3n) is 4.83. The Labute approximate surface area is 148 Å². The minimum Gasteiger partial charge on any atom is -0.365 e. The predicted octanol–water partition coefficient (Wildman–Crippen LogP) is 2.09. The van der Waals surface area contributed by atoms with Crippen molar-refractivity contribution in [2.75, 3.05) is 26.2 Å². The molecule has 2 amide bonds. The normalized spacial score (nSPS) is 14.6. The standard InChI is InChI=1S/C20H25N3O2/c1-15-5-6-17(16(2)12-15)13-19(24)22-8-10-23(11-9-22)20(25)14-18-4-3-7-21-18/h3-7,12,21H,8-11,13-14H2,1-2H3. The zero-order valence-electron chi connectivity index (χ0n) is 14.9. The molecule has 1 saturated heterocycles. The molecule has 0 atom stereocenters. The first-order chi connectivity index (χ1) is 12.0. The van der Waals surface area contributed by atoms with Crippen LogP contribution in [0.5, 0.6) is 0 Å². The molecule has 0 radical (unpaired) electrons. The Morgan fingerprint density at radius 2 is 1.60 bits per heavy atom. The van der Waals surface area contributed by atoms with E-state index in [1.807, 2.05) is 47.2 Å². The van der Waals surface area contributed by atoms with Crippen LogP contribution in [0.4, 0.5) is 0 Å². The van der Waals surface area contributed by atoms with Gasteiger partial charge in [0.15, 0.2) is 0 Å². The van der Waals surface area contributed by atoms with Gasteiger partial charge in [-0.2, -0.15) is 0 Å². The van der Waals surface area contributed by atoms with Crippen molar-refractivity contribution < 1.29 is 9.59 Å². The number of aryl methyl sites for hydroxylation is 2. The van der Waals surface area contributed by atoms with Crippen molar-refractivity contribution in [3.05, 3.63) is 58.9 Å². The van der Waals surface area contributed by atoms with Gasteiger partial charge in [0.2, 0.25) is 11.8 Å². The van der Waals surface area contributed by atoms with Crippen LogP contribution < -0.4 is 0 Å². The van der Waals surface area contributed by atoms with Crippen molar-refractivity contribution >= 4 is 11.8 Å². The molecule has 0 saturated carbocycles. The maximum Gasteiger partial charge on any atom is 0.228 e. The second-order valence-corrected chi connectivity index (χ2v) is 6.74. The Hall–Kier alpha value is -2.56. The summed E-state index contributed by atoms with van der Waals surface area (Å²) < 4.78 is 0. The predicted molar refractivity (Wildman–Crippen MR) is 97.3 cm³/mol. The van der Waals surface area contributed by atoms with Gasteiger partial charge in [-0.1, -0.05) is 23.8 Å². The van der Waals surface area contributed by atoms with E-state index in [9.17, 15) is 9.59 Å². The van der Waals surface area contributed by atoms with Crippen molar-refractivity contribution in [2.45, 2.75) is 26.7 Å². The number of H-pyrrole nitrogens is 1. The van der Waals surface area contributed by atoms with Crippen LogP contribution >= 0.6 is 0 Å². The molecule has 0 spiro atoms. The van der Waals surface area contributed by atoms with Gasteiger partial charge in [-0.15, -0.1) is 0 Å². The Morgan fingerprint density at radius 3 is 2.16 bits per heavy atom. The van der Waals surface area contributed by atoms with E-state index >= 15 is 0 Å². The van der Waals surface area contributed by atoms with E-state index in [2.05, 4.69) is 18.0 Å². The van der Waals surface area contributed by atoms with E-state index in [-0.39, 0.29) is 11.8 Å². The summed E-state index contributed by atoms with van der Waals surface area (Å²) in [5, 5.41) is 0. The van der Waals surface area contributed by atoms with Crippen LogP contribution in [0.2, 0.25) is 0 Å². The maximum absolute atomic E-state index is 12.6. The van der Waals surface area contributed by atoms with Gasteiger partial charge in [-0.3, -0.25) is 9.59 Å². The highest BCUT2D eigenvalue weighted by atomic mass is 16.2. The second-order valence-electron chi connectivity index (χ2n) is 6.74. The highest BCUT2D eigenvalue weighted by Gasteiger charge is 2.24. The third-order valence-corrected chi connectivity index (χ3v) is 4.83. The Morgan fingerprint density at radius 1 is 0.960 bits per heavy atom. The average Bonchev–Trinajstić information content (AvgIpc) is 3.10.